The molecule has 2 rings (SSSR count). The number of hydrogen-bond acceptors (Lipinski definition) is 5. The van der Waals surface area contributed by atoms with Gasteiger partial charge in [0.25, 0.3) is 5.56 Å². The molecular weight excluding hydrogens is 278 g/mol. The highest BCUT2D eigenvalue weighted by molar-refractivity contribution is 7.17. The Balaban J connectivity index is 2.99. The fourth-order valence-electron chi connectivity index (χ4n) is 2.15. The molecule has 0 aromatic carbocycles. The standard InChI is InChI=1S/C14H17NO4S/c1-14(2,3)7-6-20-12-8(7)10(16)9(13(18)19-5)11(17)15(12)4/h6,16H,1-5H3. The van der Waals surface area contributed by atoms with Gasteiger partial charge in [0.2, 0.25) is 0 Å². The number of nitrogens with zero attached hydrogens (tertiary/aromatic N) is 1. The number of carbonyl (C=O) groups excluding carboxylic acids is 1. The SMILES string of the molecule is COC(=O)c1c(O)c2c(C(C)(C)C)csc2n(C)c1=O. The topological polar surface area (TPSA) is 68.5 Å². The van der Waals surface area contributed by atoms with E-state index < -0.39 is 11.5 Å². The lowest BCUT2D eigenvalue weighted by molar-refractivity contribution is 0.0595. The Bertz CT molecular complexity index is 749. The van der Waals surface area contributed by atoms with E-state index >= 15 is 0 Å². The minimum atomic E-state index is -0.823. The minimum Gasteiger partial charge on any atom is -0.506 e. The van der Waals surface area contributed by atoms with Gasteiger partial charge in [0.1, 0.15) is 10.6 Å². The van der Waals surface area contributed by atoms with Gasteiger partial charge in [0.05, 0.1) is 12.5 Å². The summed E-state index contributed by atoms with van der Waals surface area (Å²) in [5, 5.41) is 12.8. The molecular formula is C14H17NO4S. The van der Waals surface area contributed by atoms with E-state index in [2.05, 4.69) is 4.74 Å². The van der Waals surface area contributed by atoms with Crippen molar-refractivity contribution in [1.82, 2.24) is 4.57 Å². The van der Waals surface area contributed by atoms with Crippen LogP contribution in [-0.2, 0) is 17.2 Å². The Morgan fingerprint density at radius 1 is 1.40 bits per heavy atom. The van der Waals surface area contributed by atoms with Gasteiger partial charge in [-0.05, 0) is 16.4 Å². The summed E-state index contributed by atoms with van der Waals surface area (Å²) in [4.78, 5) is 24.6. The molecule has 0 aliphatic carbocycles. The van der Waals surface area contributed by atoms with Gasteiger partial charge in [0.15, 0.2) is 5.56 Å². The van der Waals surface area contributed by atoms with Crippen LogP contribution in [0.3, 0.4) is 0 Å². The Hall–Kier alpha value is -1.82. The van der Waals surface area contributed by atoms with Gasteiger partial charge in [-0.25, -0.2) is 4.79 Å². The summed E-state index contributed by atoms with van der Waals surface area (Å²) in [6.45, 7) is 6.03. The smallest absolute Gasteiger partial charge is 0.347 e. The van der Waals surface area contributed by atoms with Gasteiger partial charge in [0, 0.05) is 7.05 Å². The number of fused-ring (bicyclic) bond motifs is 1. The zero-order valence-corrected chi connectivity index (χ0v) is 12.9. The normalized spacial score (nSPS) is 11.8. The number of pyridine rings is 1. The number of aromatic nitrogens is 1. The molecule has 2 aromatic heterocycles. The van der Waals surface area contributed by atoms with E-state index in [1.54, 1.807) is 7.05 Å². The van der Waals surface area contributed by atoms with E-state index in [0.29, 0.717) is 10.2 Å². The van der Waals surface area contributed by atoms with Gasteiger partial charge in [-0.15, -0.1) is 11.3 Å². The lowest BCUT2D eigenvalue weighted by Gasteiger charge is -2.18. The molecule has 0 spiro atoms. The van der Waals surface area contributed by atoms with Crippen molar-refractivity contribution in [3.05, 3.63) is 26.9 Å². The second-order valence-electron chi connectivity index (χ2n) is 5.66. The second kappa shape index (κ2) is 4.63. The highest BCUT2D eigenvalue weighted by Crippen LogP contribution is 2.39. The molecule has 0 saturated carbocycles. The van der Waals surface area contributed by atoms with Crippen LogP contribution in [0.1, 0.15) is 36.7 Å². The number of thiophene rings is 1. The van der Waals surface area contributed by atoms with Gasteiger partial charge in [-0.2, -0.15) is 0 Å². The number of hydrogen-bond donors (Lipinski definition) is 1. The minimum absolute atomic E-state index is 0.208. The molecule has 20 heavy (non-hydrogen) atoms. The predicted octanol–water partition coefficient (Wildman–Crippen LogP) is 2.39. The van der Waals surface area contributed by atoms with Crippen LogP contribution in [-0.4, -0.2) is 22.8 Å². The molecule has 2 heterocycles. The van der Waals surface area contributed by atoms with Crippen LogP contribution in [0.25, 0.3) is 10.2 Å². The zero-order valence-electron chi connectivity index (χ0n) is 12.1. The molecule has 0 unspecified atom stereocenters. The third-order valence-corrected chi connectivity index (χ3v) is 4.32. The highest BCUT2D eigenvalue weighted by atomic mass is 32.1. The largest absolute Gasteiger partial charge is 0.506 e. The Kier molecular flexibility index (Phi) is 3.37. The van der Waals surface area contributed by atoms with Crippen molar-refractivity contribution in [2.24, 2.45) is 7.05 Å². The zero-order chi connectivity index (χ0) is 15.2. The first-order valence-corrected chi connectivity index (χ1v) is 7.00. The monoisotopic (exact) mass is 295 g/mol. The fourth-order valence-corrected chi connectivity index (χ4v) is 3.41. The maximum Gasteiger partial charge on any atom is 0.347 e. The third kappa shape index (κ3) is 2.00. The van der Waals surface area contributed by atoms with Crippen molar-refractivity contribution >= 4 is 27.5 Å². The maximum absolute atomic E-state index is 12.2. The van der Waals surface area contributed by atoms with Crippen LogP contribution in [0.15, 0.2) is 10.2 Å². The number of esters is 1. The molecule has 0 fully saturated rings. The first kappa shape index (κ1) is 14.6. The van der Waals surface area contributed by atoms with Crippen molar-refractivity contribution in [1.29, 1.82) is 0 Å². The second-order valence-corrected chi connectivity index (χ2v) is 6.52. The van der Waals surface area contributed by atoms with Crippen LogP contribution in [0.4, 0.5) is 0 Å². The van der Waals surface area contributed by atoms with Gasteiger partial charge in [-0.1, -0.05) is 20.8 Å². The molecule has 0 aliphatic rings. The Morgan fingerprint density at radius 2 is 2.00 bits per heavy atom. The van der Waals surface area contributed by atoms with Gasteiger partial charge >= 0.3 is 5.97 Å². The molecule has 0 bridgehead atoms. The van der Waals surface area contributed by atoms with Crippen LogP contribution in [0, 0.1) is 0 Å². The first-order valence-electron chi connectivity index (χ1n) is 6.12. The number of aromatic hydroxyl groups is 1. The summed E-state index contributed by atoms with van der Waals surface area (Å²) < 4.78 is 5.97. The summed E-state index contributed by atoms with van der Waals surface area (Å²) in [5.41, 5.74) is -0.174. The van der Waals surface area contributed by atoms with E-state index in [-0.39, 0.29) is 16.7 Å². The van der Waals surface area contributed by atoms with Crippen molar-refractivity contribution in [2.45, 2.75) is 26.2 Å². The fraction of sp³-hybridized carbons (Fsp3) is 0.429. The van der Waals surface area contributed by atoms with Crippen LogP contribution < -0.4 is 5.56 Å². The molecule has 0 radical (unpaired) electrons. The van der Waals surface area contributed by atoms with Crippen molar-refractivity contribution in [3.8, 4) is 5.75 Å². The quantitative estimate of drug-likeness (QED) is 0.820. The van der Waals surface area contributed by atoms with Gasteiger partial charge in [-0.3, -0.25) is 4.79 Å². The Morgan fingerprint density at radius 3 is 2.50 bits per heavy atom. The number of methoxy groups -OCH3 is 1. The molecule has 0 saturated heterocycles. The first-order chi connectivity index (χ1) is 9.20. The van der Waals surface area contributed by atoms with Crippen molar-refractivity contribution in [3.63, 3.8) is 0 Å². The van der Waals surface area contributed by atoms with Gasteiger partial charge < -0.3 is 14.4 Å². The number of rotatable bonds is 1. The Labute approximate surface area is 120 Å². The lowest BCUT2D eigenvalue weighted by atomic mass is 9.87. The molecule has 2 aromatic rings. The summed E-state index contributed by atoms with van der Waals surface area (Å²) in [6, 6.07) is 0. The molecule has 0 aliphatic heterocycles. The van der Waals surface area contributed by atoms with E-state index in [0.717, 1.165) is 5.56 Å². The number of aryl methyl sites for hydroxylation is 1. The lowest BCUT2D eigenvalue weighted by Crippen LogP contribution is -2.25. The van der Waals surface area contributed by atoms with E-state index in [1.807, 2.05) is 26.2 Å². The predicted molar refractivity (Wildman–Crippen MR) is 78.8 cm³/mol. The molecule has 0 atom stereocenters. The summed E-state index contributed by atoms with van der Waals surface area (Å²) in [7, 11) is 2.77. The maximum atomic E-state index is 12.2. The summed E-state index contributed by atoms with van der Waals surface area (Å²) in [6.07, 6.45) is 0. The van der Waals surface area contributed by atoms with E-state index in [9.17, 15) is 14.7 Å². The van der Waals surface area contributed by atoms with Crippen LogP contribution in [0.2, 0.25) is 0 Å². The van der Waals surface area contributed by atoms with Crippen LogP contribution in [0.5, 0.6) is 5.75 Å². The summed E-state index contributed by atoms with van der Waals surface area (Å²) >= 11 is 1.37. The third-order valence-electron chi connectivity index (χ3n) is 3.27. The van der Waals surface area contributed by atoms with Crippen molar-refractivity contribution < 1.29 is 14.6 Å². The highest BCUT2D eigenvalue weighted by Gasteiger charge is 2.28. The van der Waals surface area contributed by atoms with Crippen molar-refractivity contribution in [2.75, 3.05) is 7.11 Å². The molecule has 108 valence electrons. The molecule has 1 N–H and O–H groups in total. The van der Waals surface area contributed by atoms with E-state index in [4.69, 9.17) is 0 Å². The summed E-state index contributed by atoms with van der Waals surface area (Å²) in [5.74, 6) is -1.11. The number of carbonyl (C=O) groups is 1. The number of ether oxygens (including phenoxy) is 1. The molecule has 5 nitrogen and oxygen atoms in total. The average molecular weight is 295 g/mol. The van der Waals surface area contributed by atoms with Crippen LogP contribution >= 0.6 is 11.3 Å². The average Bonchev–Trinajstić information content (AvgIpc) is 2.80. The molecule has 0 amide bonds. The molecule has 6 heteroatoms. The van der Waals surface area contributed by atoms with E-state index in [1.165, 1.54) is 23.0 Å².